The zero-order valence-corrected chi connectivity index (χ0v) is 11.2. The van der Waals surface area contributed by atoms with Crippen molar-refractivity contribution in [1.29, 1.82) is 0 Å². The molecule has 0 aliphatic heterocycles. The second-order valence-electron chi connectivity index (χ2n) is 4.24. The van der Waals surface area contributed by atoms with Crippen molar-refractivity contribution in [3.8, 4) is 0 Å². The first-order valence-corrected chi connectivity index (χ1v) is 7.71. The third kappa shape index (κ3) is 5.70. The molecule has 0 bridgehead atoms. The average Bonchev–Trinajstić information content (AvgIpc) is 2.23. The smallest absolute Gasteiger partial charge is 0.148 e. The highest BCUT2D eigenvalue weighted by atomic mass is 32.2. The molecule has 96 valence electrons. The molecule has 0 fully saturated rings. The Labute approximate surface area is 103 Å². The van der Waals surface area contributed by atoms with E-state index in [1.165, 1.54) is 6.26 Å². The Balaban J connectivity index is 2.58. The molecule has 17 heavy (non-hydrogen) atoms. The van der Waals surface area contributed by atoms with Gasteiger partial charge in [0.1, 0.15) is 9.84 Å². The van der Waals surface area contributed by atoms with Gasteiger partial charge in [0.05, 0.1) is 5.75 Å². The third-order valence-corrected chi connectivity index (χ3v) is 3.51. The van der Waals surface area contributed by atoms with Gasteiger partial charge in [0.25, 0.3) is 0 Å². The molecule has 0 saturated carbocycles. The molecule has 0 saturated heterocycles. The van der Waals surface area contributed by atoms with E-state index < -0.39 is 9.84 Å². The van der Waals surface area contributed by atoms with Gasteiger partial charge in [0.2, 0.25) is 0 Å². The van der Waals surface area contributed by atoms with E-state index in [0.29, 0.717) is 6.54 Å². The molecule has 0 aliphatic rings. The minimum Gasteiger partial charge on any atom is -0.399 e. The molecule has 0 heterocycles. The molecule has 5 heteroatoms. The summed E-state index contributed by atoms with van der Waals surface area (Å²) >= 11 is 0. The van der Waals surface area contributed by atoms with Gasteiger partial charge >= 0.3 is 0 Å². The van der Waals surface area contributed by atoms with E-state index in [4.69, 9.17) is 5.73 Å². The Bertz CT molecular complexity index is 457. The highest BCUT2D eigenvalue weighted by Crippen LogP contribution is 2.09. The fourth-order valence-corrected chi connectivity index (χ4v) is 2.18. The molecule has 4 nitrogen and oxygen atoms in total. The number of nitrogens with zero attached hydrogens (tertiary/aromatic N) is 1. The average molecular weight is 256 g/mol. The van der Waals surface area contributed by atoms with Crippen molar-refractivity contribution < 1.29 is 8.42 Å². The van der Waals surface area contributed by atoms with Gasteiger partial charge in [0.15, 0.2) is 0 Å². The van der Waals surface area contributed by atoms with Crippen LogP contribution in [0.15, 0.2) is 24.3 Å². The summed E-state index contributed by atoms with van der Waals surface area (Å²) in [6.07, 6.45) is 1.27. The van der Waals surface area contributed by atoms with E-state index >= 15 is 0 Å². The van der Waals surface area contributed by atoms with E-state index in [9.17, 15) is 8.42 Å². The van der Waals surface area contributed by atoms with Crippen LogP contribution < -0.4 is 5.73 Å². The van der Waals surface area contributed by atoms with Crippen molar-refractivity contribution in [3.05, 3.63) is 29.8 Å². The third-order valence-electron chi connectivity index (χ3n) is 2.58. The number of rotatable bonds is 6. The maximum atomic E-state index is 11.1. The lowest BCUT2D eigenvalue weighted by atomic mass is 10.2. The van der Waals surface area contributed by atoms with Gasteiger partial charge in [-0.1, -0.05) is 19.1 Å². The highest BCUT2D eigenvalue weighted by molar-refractivity contribution is 7.90. The van der Waals surface area contributed by atoms with Crippen LogP contribution in [0, 0.1) is 0 Å². The first-order chi connectivity index (χ1) is 7.90. The van der Waals surface area contributed by atoms with Gasteiger partial charge in [-0.15, -0.1) is 0 Å². The predicted molar refractivity (Wildman–Crippen MR) is 71.5 cm³/mol. The van der Waals surface area contributed by atoms with Gasteiger partial charge < -0.3 is 5.73 Å². The number of nitrogens with two attached hydrogens (primary N) is 1. The highest BCUT2D eigenvalue weighted by Gasteiger charge is 2.08. The molecule has 0 unspecified atom stereocenters. The Hall–Kier alpha value is -1.07. The summed E-state index contributed by atoms with van der Waals surface area (Å²) in [7, 11) is -2.90. The molecule has 2 N–H and O–H groups in total. The monoisotopic (exact) mass is 256 g/mol. The molecule has 1 aromatic rings. The van der Waals surface area contributed by atoms with Crippen LogP contribution in [0.2, 0.25) is 0 Å². The van der Waals surface area contributed by atoms with E-state index in [0.717, 1.165) is 24.3 Å². The summed E-state index contributed by atoms with van der Waals surface area (Å²) < 4.78 is 22.2. The minimum atomic E-state index is -2.90. The number of nitrogen functional groups attached to an aromatic ring is 1. The second-order valence-corrected chi connectivity index (χ2v) is 6.50. The fraction of sp³-hybridized carbons (Fsp3) is 0.500. The molecule has 0 aliphatic carbocycles. The number of anilines is 1. The van der Waals surface area contributed by atoms with Crippen LogP contribution in [0.25, 0.3) is 0 Å². The summed E-state index contributed by atoms with van der Waals surface area (Å²) in [6.45, 7) is 4.14. The molecule has 0 radical (unpaired) electrons. The van der Waals surface area contributed by atoms with Crippen LogP contribution in [-0.4, -0.2) is 38.4 Å². The predicted octanol–water partition coefficient (Wildman–Crippen LogP) is 1.14. The first-order valence-electron chi connectivity index (χ1n) is 5.65. The lowest BCUT2D eigenvalue weighted by Gasteiger charge is -2.20. The Kier molecular flexibility index (Phi) is 4.96. The SMILES string of the molecule is CCN(CCS(C)(=O)=O)Cc1cccc(N)c1. The van der Waals surface area contributed by atoms with Crippen molar-refractivity contribution in [1.82, 2.24) is 4.90 Å². The Morgan fingerprint density at radius 3 is 2.59 bits per heavy atom. The molecular formula is C12H20N2O2S. The zero-order chi connectivity index (χ0) is 12.9. The summed E-state index contributed by atoms with van der Waals surface area (Å²) in [6, 6.07) is 7.67. The zero-order valence-electron chi connectivity index (χ0n) is 10.4. The lowest BCUT2D eigenvalue weighted by Crippen LogP contribution is -2.28. The van der Waals surface area contributed by atoms with Crippen LogP contribution >= 0.6 is 0 Å². The van der Waals surface area contributed by atoms with E-state index in [1.807, 2.05) is 31.2 Å². The van der Waals surface area contributed by atoms with Crippen LogP contribution in [-0.2, 0) is 16.4 Å². The van der Waals surface area contributed by atoms with Gasteiger partial charge in [-0.2, -0.15) is 0 Å². The van der Waals surface area contributed by atoms with Crippen LogP contribution in [0.1, 0.15) is 12.5 Å². The molecular weight excluding hydrogens is 236 g/mol. The number of hydrogen-bond donors (Lipinski definition) is 1. The topological polar surface area (TPSA) is 63.4 Å². The van der Waals surface area contributed by atoms with Crippen LogP contribution in [0.5, 0.6) is 0 Å². The Morgan fingerprint density at radius 1 is 1.35 bits per heavy atom. The second kappa shape index (κ2) is 6.02. The van der Waals surface area contributed by atoms with Crippen molar-refractivity contribution >= 4 is 15.5 Å². The summed E-state index contributed by atoms with van der Waals surface area (Å²) in [4.78, 5) is 2.09. The largest absolute Gasteiger partial charge is 0.399 e. The molecule has 0 atom stereocenters. The van der Waals surface area contributed by atoms with E-state index in [-0.39, 0.29) is 5.75 Å². The Morgan fingerprint density at radius 2 is 2.06 bits per heavy atom. The molecule has 1 aromatic carbocycles. The number of sulfone groups is 1. The maximum Gasteiger partial charge on any atom is 0.148 e. The summed E-state index contributed by atoms with van der Waals surface area (Å²) in [5, 5.41) is 0. The standard InChI is InChI=1S/C12H20N2O2S/c1-3-14(7-8-17(2,15)16)10-11-5-4-6-12(13)9-11/h4-6,9H,3,7-8,10,13H2,1-2H3. The summed E-state index contributed by atoms with van der Waals surface area (Å²) in [5.74, 6) is 0.198. The van der Waals surface area contributed by atoms with Gasteiger partial charge in [-0.3, -0.25) is 4.90 Å². The van der Waals surface area contributed by atoms with E-state index in [1.54, 1.807) is 0 Å². The van der Waals surface area contributed by atoms with Crippen LogP contribution in [0.3, 0.4) is 0 Å². The molecule has 0 amide bonds. The first kappa shape index (κ1) is 14.0. The molecule has 0 spiro atoms. The minimum absolute atomic E-state index is 0.198. The van der Waals surface area contributed by atoms with E-state index in [2.05, 4.69) is 4.90 Å². The van der Waals surface area contributed by atoms with Crippen LogP contribution in [0.4, 0.5) is 5.69 Å². The van der Waals surface area contributed by atoms with Crippen molar-refractivity contribution in [2.24, 2.45) is 0 Å². The van der Waals surface area contributed by atoms with Crippen molar-refractivity contribution in [2.45, 2.75) is 13.5 Å². The maximum absolute atomic E-state index is 11.1. The quantitative estimate of drug-likeness (QED) is 0.775. The fourth-order valence-electron chi connectivity index (χ4n) is 1.59. The molecule has 0 aromatic heterocycles. The number of hydrogen-bond acceptors (Lipinski definition) is 4. The number of benzene rings is 1. The van der Waals surface area contributed by atoms with Crippen molar-refractivity contribution in [2.75, 3.05) is 30.8 Å². The van der Waals surface area contributed by atoms with Gasteiger partial charge in [-0.25, -0.2) is 8.42 Å². The van der Waals surface area contributed by atoms with Crippen molar-refractivity contribution in [3.63, 3.8) is 0 Å². The molecule has 1 rings (SSSR count). The summed E-state index contributed by atoms with van der Waals surface area (Å²) in [5.41, 5.74) is 7.55. The van der Waals surface area contributed by atoms with Gasteiger partial charge in [0, 0.05) is 25.0 Å². The van der Waals surface area contributed by atoms with Gasteiger partial charge in [-0.05, 0) is 24.2 Å². The lowest BCUT2D eigenvalue weighted by molar-refractivity contribution is 0.297. The normalized spacial score (nSPS) is 11.9.